The van der Waals surface area contributed by atoms with E-state index in [9.17, 15) is 4.79 Å². The molecular formula is C29H23Cl2N5O2. The highest BCUT2D eigenvalue weighted by Crippen LogP contribution is 2.43. The number of ether oxygens (including phenoxy) is 1. The molecule has 0 bridgehead atoms. The molecule has 0 aliphatic heterocycles. The minimum Gasteiger partial charge on any atom is -0.481 e. The first kappa shape index (κ1) is 24.4. The summed E-state index contributed by atoms with van der Waals surface area (Å²) in [7, 11) is 3.25. The maximum Gasteiger partial charge on any atom is 0.278 e. The highest BCUT2D eigenvalue weighted by atomic mass is 35.5. The fourth-order valence-electron chi connectivity index (χ4n) is 5.02. The third-order valence-electron chi connectivity index (χ3n) is 6.92. The van der Waals surface area contributed by atoms with Gasteiger partial charge in [-0.1, -0.05) is 53.5 Å². The quantitative estimate of drug-likeness (QED) is 0.268. The first-order chi connectivity index (χ1) is 18.5. The first-order valence-electron chi connectivity index (χ1n) is 12.2. The second-order valence-electron chi connectivity index (χ2n) is 9.16. The number of nitrogens with one attached hydrogen (secondary N) is 1. The number of benzene rings is 2. The highest BCUT2D eigenvalue weighted by Gasteiger charge is 2.21. The molecule has 38 heavy (non-hydrogen) atoms. The molecule has 0 spiro atoms. The molecule has 0 fully saturated rings. The molecule has 0 radical (unpaired) electrons. The van der Waals surface area contributed by atoms with Gasteiger partial charge in [-0.2, -0.15) is 5.10 Å². The Morgan fingerprint density at radius 2 is 1.76 bits per heavy atom. The smallest absolute Gasteiger partial charge is 0.278 e. The molecule has 2 aromatic carbocycles. The van der Waals surface area contributed by atoms with E-state index in [2.05, 4.69) is 21.5 Å². The minimum atomic E-state index is -0.251. The van der Waals surface area contributed by atoms with Gasteiger partial charge in [-0.3, -0.25) is 4.79 Å². The Hall–Kier alpha value is -3.94. The lowest BCUT2D eigenvalue weighted by Crippen LogP contribution is -2.20. The number of methoxy groups -OCH3 is 1. The Bertz CT molecular complexity index is 1780. The Kier molecular flexibility index (Phi) is 6.26. The first-order valence-corrected chi connectivity index (χ1v) is 12.9. The van der Waals surface area contributed by atoms with Gasteiger partial charge in [0, 0.05) is 40.9 Å². The van der Waals surface area contributed by atoms with E-state index >= 15 is 0 Å². The van der Waals surface area contributed by atoms with Crippen LogP contribution in [0.25, 0.3) is 33.2 Å². The largest absolute Gasteiger partial charge is 0.481 e. The molecule has 0 saturated heterocycles. The van der Waals surface area contributed by atoms with Crippen molar-refractivity contribution < 1.29 is 4.74 Å². The van der Waals surface area contributed by atoms with Gasteiger partial charge in [0.05, 0.1) is 40.1 Å². The van der Waals surface area contributed by atoms with Crippen LogP contribution in [0.5, 0.6) is 5.88 Å². The van der Waals surface area contributed by atoms with Crippen molar-refractivity contribution in [2.45, 2.75) is 19.3 Å². The van der Waals surface area contributed by atoms with Crippen molar-refractivity contribution in [2.75, 3.05) is 12.4 Å². The Balaban J connectivity index is 1.43. The Morgan fingerprint density at radius 3 is 2.58 bits per heavy atom. The van der Waals surface area contributed by atoms with Crippen molar-refractivity contribution in [3.05, 3.63) is 92.5 Å². The highest BCUT2D eigenvalue weighted by molar-refractivity contribution is 6.39. The third kappa shape index (κ3) is 4.08. The zero-order chi connectivity index (χ0) is 26.4. The third-order valence-corrected chi connectivity index (χ3v) is 7.74. The van der Waals surface area contributed by atoms with Crippen LogP contribution in [0.3, 0.4) is 0 Å². The average molecular weight is 544 g/mol. The Morgan fingerprint density at radius 1 is 1.00 bits per heavy atom. The van der Waals surface area contributed by atoms with Gasteiger partial charge in [0.1, 0.15) is 5.82 Å². The van der Waals surface area contributed by atoms with E-state index in [0.717, 1.165) is 41.6 Å². The fraction of sp³-hybridized carbons (Fsp3) is 0.172. The number of anilines is 2. The molecule has 3 aromatic heterocycles. The monoisotopic (exact) mass is 543 g/mol. The van der Waals surface area contributed by atoms with Crippen molar-refractivity contribution in [3.63, 3.8) is 0 Å². The number of aryl methyl sites for hydroxylation is 2. The van der Waals surface area contributed by atoms with E-state index < -0.39 is 0 Å². The van der Waals surface area contributed by atoms with Gasteiger partial charge in [0.25, 0.3) is 5.56 Å². The summed E-state index contributed by atoms with van der Waals surface area (Å²) in [4.78, 5) is 22.0. The molecule has 1 aliphatic carbocycles. The number of hydrogen-bond donors (Lipinski definition) is 1. The molecule has 9 heteroatoms. The molecular weight excluding hydrogens is 521 g/mol. The second kappa shape index (κ2) is 9.74. The lowest BCUT2D eigenvalue weighted by Gasteiger charge is -2.16. The molecule has 5 aromatic rings. The maximum atomic E-state index is 12.8. The summed E-state index contributed by atoms with van der Waals surface area (Å²) in [6.45, 7) is 0. The van der Waals surface area contributed by atoms with Gasteiger partial charge in [0.2, 0.25) is 5.88 Å². The van der Waals surface area contributed by atoms with Gasteiger partial charge in [-0.05, 0) is 43.0 Å². The normalized spacial score (nSPS) is 12.5. The number of hydrogen-bond acceptors (Lipinski definition) is 6. The van der Waals surface area contributed by atoms with Crippen LogP contribution < -0.4 is 15.6 Å². The number of fused-ring (bicyclic) bond motifs is 2. The number of pyridine rings is 2. The maximum absolute atomic E-state index is 12.8. The summed E-state index contributed by atoms with van der Waals surface area (Å²) in [5.41, 5.74) is 5.86. The standard InChI is InChI=1S/C29H23Cl2N5O2/c1-36-29(37)24-17(15-33-36)12-13-32-27(24)34-22-11-5-9-20(26(22)31)19-8-4-10-21(25(19)30)23-14-16-6-3-7-18(16)28(35-23)38-2/h4-5,8-15H,3,6-7H2,1-2H3,(H,32,34). The Labute approximate surface area is 229 Å². The SMILES string of the molecule is COc1nc(-c2cccc(-c3cccc(Nc4nccc5cnn(C)c(=O)c45)c3Cl)c2Cl)cc2c1CCC2. The molecule has 0 unspecified atom stereocenters. The second-order valence-corrected chi connectivity index (χ2v) is 9.92. The summed E-state index contributed by atoms with van der Waals surface area (Å²) in [6, 6.07) is 15.3. The van der Waals surface area contributed by atoms with E-state index in [-0.39, 0.29) is 5.56 Å². The van der Waals surface area contributed by atoms with Gasteiger partial charge in [-0.15, -0.1) is 0 Å². The van der Waals surface area contributed by atoms with Crippen molar-refractivity contribution in [1.82, 2.24) is 19.7 Å². The van der Waals surface area contributed by atoms with E-state index in [4.69, 9.17) is 32.9 Å². The van der Waals surface area contributed by atoms with Crippen molar-refractivity contribution in [1.29, 1.82) is 0 Å². The summed E-state index contributed by atoms with van der Waals surface area (Å²) in [5, 5.41) is 9.46. The molecule has 0 atom stereocenters. The van der Waals surface area contributed by atoms with Crippen LogP contribution in [-0.4, -0.2) is 26.9 Å². The van der Waals surface area contributed by atoms with Crippen molar-refractivity contribution in [3.8, 4) is 28.3 Å². The van der Waals surface area contributed by atoms with Gasteiger partial charge in [0.15, 0.2) is 0 Å². The van der Waals surface area contributed by atoms with E-state index in [1.165, 1.54) is 15.8 Å². The summed E-state index contributed by atoms with van der Waals surface area (Å²) in [6.07, 6.45) is 6.33. The lowest BCUT2D eigenvalue weighted by molar-refractivity contribution is 0.394. The molecule has 0 amide bonds. The van der Waals surface area contributed by atoms with Crippen LogP contribution in [0.4, 0.5) is 11.5 Å². The number of rotatable bonds is 5. The van der Waals surface area contributed by atoms with Gasteiger partial charge < -0.3 is 10.1 Å². The predicted molar refractivity (Wildman–Crippen MR) is 152 cm³/mol. The summed E-state index contributed by atoms with van der Waals surface area (Å²) in [5.74, 6) is 1.06. The zero-order valence-corrected chi connectivity index (χ0v) is 22.3. The molecule has 0 saturated carbocycles. The van der Waals surface area contributed by atoms with Crippen LogP contribution >= 0.6 is 23.2 Å². The van der Waals surface area contributed by atoms with Crippen LogP contribution in [0.15, 0.2) is 65.7 Å². The van der Waals surface area contributed by atoms with Crippen LogP contribution in [0.2, 0.25) is 10.0 Å². The molecule has 1 aliphatic rings. The zero-order valence-electron chi connectivity index (χ0n) is 20.8. The number of aromatic nitrogens is 4. The number of halogens is 2. The van der Waals surface area contributed by atoms with Gasteiger partial charge in [-0.25, -0.2) is 14.6 Å². The minimum absolute atomic E-state index is 0.251. The van der Waals surface area contributed by atoms with E-state index in [1.807, 2.05) is 36.4 Å². The summed E-state index contributed by atoms with van der Waals surface area (Å²) < 4.78 is 6.87. The molecule has 190 valence electrons. The molecule has 7 nitrogen and oxygen atoms in total. The summed E-state index contributed by atoms with van der Waals surface area (Å²) >= 11 is 13.9. The molecule has 3 heterocycles. The fourth-order valence-corrected chi connectivity index (χ4v) is 5.62. The van der Waals surface area contributed by atoms with Crippen LogP contribution in [-0.2, 0) is 19.9 Å². The van der Waals surface area contributed by atoms with Crippen molar-refractivity contribution >= 4 is 45.5 Å². The molecule has 1 N–H and O–H groups in total. The predicted octanol–water partition coefficient (Wildman–Crippen LogP) is 6.61. The average Bonchev–Trinajstić information content (AvgIpc) is 3.41. The van der Waals surface area contributed by atoms with Crippen molar-refractivity contribution in [2.24, 2.45) is 7.05 Å². The van der Waals surface area contributed by atoms with Gasteiger partial charge >= 0.3 is 0 Å². The number of nitrogens with zero attached hydrogens (tertiary/aromatic N) is 4. The van der Waals surface area contributed by atoms with E-state index in [1.54, 1.807) is 32.6 Å². The van der Waals surface area contributed by atoms with E-state index in [0.29, 0.717) is 38.2 Å². The topological polar surface area (TPSA) is 81.9 Å². The molecule has 6 rings (SSSR count). The van der Waals surface area contributed by atoms with Crippen LogP contribution in [0, 0.1) is 0 Å². The van der Waals surface area contributed by atoms with Crippen LogP contribution in [0.1, 0.15) is 17.5 Å². The lowest BCUT2D eigenvalue weighted by atomic mass is 9.99.